The van der Waals surface area contributed by atoms with Crippen LogP contribution in [-0.2, 0) is 4.43 Å². The highest BCUT2D eigenvalue weighted by atomic mass is 35.5. The van der Waals surface area contributed by atoms with E-state index in [2.05, 4.69) is 79.3 Å². The second kappa shape index (κ2) is 10.3. The summed E-state index contributed by atoms with van der Waals surface area (Å²) in [7, 11) is -2.66. The van der Waals surface area contributed by atoms with Gasteiger partial charge in [0.15, 0.2) is 11.0 Å². The summed E-state index contributed by atoms with van der Waals surface area (Å²) < 4.78 is 21.8. The fourth-order valence-electron chi connectivity index (χ4n) is 5.21. The van der Waals surface area contributed by atoms with Gasteiger partial charge in [-0.15, -0.1) is 0 Å². The molecule has 0 aliphatic heterocycles. The second-order valence-corrected chi connectivity index (χ2v) is 15.0. The van der Waals surface area contributed by atoms with Crippen LogP contribution in [0.5, 0.6) is 0 Å². The van der Waals surface area contributed by atoms with Gasteiger partial charge in [0.2, 0.25) is 0 Å². The number of halogens is 2. The van der Waals surface area contributed by atoms with Crippen LogP contribution in [0, 0.1) is 12.7 Å². The quantitative estimate of drug-likeness (QED) is 0.236. The normalized spacial score (nSPS) is 13.2. The van der Waals surface area contributed by atoms with Gasteiger partial charge in [0.25, 0.3) is 13.9 Å². The summed E-state index contributed by atoms with van der Waals surface area (Å²) in [6.45, 7) is 11.1. The zero-order valence-corrected chi connectivity index (χ0v) is 23.1. The Bertz CT molecular complexity index is 1380. The van der Waals surface area contributed by atoms with Gasteiger partial charge in [0, 0.05) is 23.9 Å². The number of fused-ring (bicyclic) bond motifs is 1. The average Bonchev–Trinajstić information content (AvgIpc) is 2.86. The van der Waals surface area contributed by atoms with Gasteiger partial charge < -0.3 is 9.41 Å². The number of hydrogen-bond donors (Lipinski definition) is 1. The highest BCUT2D eigenvalue weighted by Gasteiger charge is 2.50. The van der Waals surface area contributed by atoms with E-state index in [1.54, 1.807) is 0 Å². The Morgan fingerprint density at radius 1 is 1.06 bits per heavy atom. The van der Waals surface area contributed by atoms with Crippen LogP contribution in [-0.4, -0.2) is 24.9 Å². The Morgan fingerprint density at radius 3 is 2.14 bits per heavy atom. The molecule has 4 rings (SSSR count). The van der Waals surface area contributed by atoms with Gasteiger partial charge in [0.05, 0.1) is 5.39 Å². The van der Waals surface area contributed by atoms with Gasteiger partial charge in [-0.3, -0.25) is 4.79 Å². The maximum absolute atomic E-state index is 14.8. The molecule has 0 spiro atoms. The molecule has 0 amide bonds. The Labute approximate surface area is 217 Å². The van der Waals surface area contributed by atoms with Crippen LogP contribution in [0.1, 0.15) is 51.3 Å². The molecule has 36 heavy (non-hydrogen) atoms. The Hall–Kier alpha value is -2.80. The lowest BCUT2D eigenvalue weighted by molar-refractivity contribution is 0.282. The molecule has 2 aromatic heterocycles. The van der Waals surface area contributed by atoms with E-state index >= 15 is 0 Å². The molecule has 2 heterocycles. The van der Waals surface area contributed by atoms with E-state index in [9.17, 15) is 9.18 Å². The van der Waals surface area contributed by atoms with E-state index in [-0.39, 0.29) is 32.4 Å². The molecule has 1 unspecified atom stereocenters. The molecule has 0 bridgehead atoms. The number of H-pyrrole nitrogens is 1. The van der Waals surface area contributed by atoms with Crippen molar-refractivity contribution in [1.82, 2.24) is 9.97 Å². The lowest BCUT2D eigenvalue weighted by Crippen LogP contribution is -2.66. The molecule has 4 aromatic rings. The largest absolute Gasteiger partial charge is 0.407 e. The van der Waals surface area contributed by atoms with Gasteiger partial charge in [-0.2, -0.15) is 0 Å². The van der Waals surface area contributed by atoms with Gasteiger partial charge >= 0.3 is 0 Å². The minimum Gasteiger partial charge on any atom is -0.407 e. The first kappa shape index (κ1) is 26.3. The molecule has 0 saturated carbocycles. The van der Waals surface area contributed by atoms with Gasteiger partial charge in [-0.25, -0.2) is 9.37 Å². The maximum atomic E-state index is 14.8. The average molecular weight is 523 g/mol. The predicted molar refractivity (Wildman–Crippen MR) is 149 cm³/mol. The summed E-state index contributed by atoms with van der Waals surface area (Å²) in [5, 5.41) is 2.51. The third-order valence-electron chi connectivity index (χ3n) is 7.03. The minimum atomic E-state index is -2.66. The van der Waals surface area contributed by atoms with Gasteiger partial charge in [-0.05, 0) is 40.2 Å². The van der Waals surface area contributed by atoms with Crippen LogP contribution in [0.3, 0.4) is 0 Å². The fraction of sp³-hybridized carbons (Fsp3) is 0.310. The number of aromatic amines is 1. The van der Waals surface area contributed by atoms with Gasteiger partial charge in [0.1, 0.15) is 0 Å². The van der Waals surface area contributed by atoms with Crippen LogP contribution in [0.2, 0.25) is 10.2 Å². The number of aromatic nitrogens is 2. The number of hydrogen-bond acceptors (Lipinski definition) is 3. The lowest BCUT2D eigenvalue weighted by atomic mass is 9.96. The molecule has 0 radical (unpaired) electrons. The lowest BCUT2D eigenvalue weighted by Gasteiger charge is -2.43. The molecule has 1 atom stereocenters. The van der Waals surface area contributed by atoms with Crippen LogP contribution in [0.15, 0.2) is 71.7 Å². The summed E-state index contributed by atoms with van der Waals surface area (Å²) in [5.41, 5.74) is 0.998. The van der Waals surface area contributed by atoms with Crippen LogP contribution in [0.25, 0.3) is 10.8 Å². The van der Waals surface area contributed by atoms with Crippen molar-refractivity contribution in [2.24, 2.45) is 0 Å². The van der Waals surface area contributed by atoms with E-state index in [1.807, 2.05) is 26.0 Å². The van der Waals surface area contributed by atoms with Crippen molar-refractivity contribution >= 4 is 41.1 Å². The fourth-order valence-corrected chi connectivity index (χ4v) is 9.93. The molecular weight excluding hydrogens is 491 g/mol. The molecular formula is C29H32ClFN2O2Si. The first-order valence-corrected chi connectivity index (χ1v) is 14.5. The SMILES string of the molecule is Cc1c(C(C)CCO[Si](c2ccccc2)(c2ccccc2)C(C)(C)C)[nH]c(=O)c2cnc(Cl)c(F)c12. The zero-order valence-electron chi connectivity index (χ0n) is 21.4. The molecule has 0 saturated heterocycles. The molecule has 0 fully saturated rings. The van der Waals surface area contributed by atoms with E-state index in [4.69, 9.17) is 16.0 Å². The Morgan fingerprint density at radius 2 is 1.61 bits per heavy atom. The third-order valence-corrected chi connectivity index (χ3v) is 12.3. The number of nitrogens with one attached hydrogen (secondary N) is 1. The predicted octanol–water partition coefficient (Wildman–Crippen LogP) is 6.09. The van der Waals surface area contributed by atoms with Crippen molar-refractivity contribution in [1.29, 1.82) is 0 Å². The summed E-state index contributed by atoms with van der Waals surface area (Å²) in [4.78, 5) is 19.5. The molecule has 4 nitrogen and oxygen atoms in total. The van der Waals surface area contributed by atoms with Crippen LogP contribution in [0.4, 0.5) is 4.39 Å². The van der Waals surface area contributed by atoms with Crippen molar-refractivity contribution < 1.29 is 8.82 Å². The second-order valence-electron chi connectivity index (χ2n) is 10.3. The molecule has 2 aromatic carbocycles. The number of pyridine rings is 2. The Balaban J connectivity index is 1.69. The third kappa shape index (κ3) is 4.65. The molecule has 1 N–H and O–H groups in total. The first-order chi connectivity index (χ1) is 17.1. The molecule has 188 valence electrons. The topological polar surface area (TPSA) is 55.0 Å². The van der Waals surface area contributed by atoms with E-state index in [0.717, 1.165) is 0 Å². The van der Waals surface area contributed by atoms with Crippen molar-refractivity contribution in [3.05, 3.63) is 99.4 Å². The molecule has 7 heteroatoms. The Kier molecular flexibility index (Phi) is 7.50. The summed E-state index contributed by atoms with van der Waals surface area (Å²) >= 11 is 5.92. The van der Waals surface area contributed by atoms with Crippen molar-refractivity contribution in [2.75, 3.05) is 6.61 Å². The highest BCUT2D eigenvalue weighted by molar-refractivity contribution is 6.99. The van der Waals surface area contributed by atoms with Crippen molar-refractivity contribution in [2.45, 2.75) is 52.0 Å². The standard InChI is InChI=1S/C29H32ClFN2O2Si/c1-19(26-20(2)24-23(28(34)33-26)18-32-27(30)25(24)31)16-17-35-36(29(3,4)5,21-12-8-6-9-13-21)22-14-10-7-11-15-22/h6-15,18-19H,16-17H2,1-5H3,(H,33,34). The maximum Gasteiger partial charge on any atom is 0.261 e. The summed E-state index contributed by atoms with van der Waals surface area (Å²) in [6, 6.07) is 21.0. The summed E-state index contributed by atoms with van der Waals surface area (Å²) in [6.07, 6.45) is 1.99. The van der Waals surface area contributed by atoms with Crippen LogP contribution < -0.4 is 15.9 Å². The molecule has 0 aliphatic carbocycles. The minimum absolute atomic E-state index is 0.0633. The van der Waals surface area contributed by atoms with E-state index in [1.165, 1.54) is 16.6 Å². The smallest absolute Gasteiger partial charge is 0.261 e. The van der Waals surface area contributed by atoms with Crippen molar-refractivity contribution in [3.8, 4) is 0 Å². The van der Waals surface area contributed by atoms with Crippen molar-refractivity contribution in [3.63, 3.8) is 0 Å². The first-order valence-electron chi connectivity index (χ1n) is 12.2. The highest BCUT2D eigenvalue weighted by Crippen LogP contribution is 2.37. The number of rotatable bonds is 7. The van der Waals surface area contributed by atoms with Gasteiger partial charge in [-0.1, -0.05) is 100.0 Å². The number of benzene rings is 2. The summed E-state index contributed by atoms with van der Waals surface area (Å²) in [5.74, 6) is -0.721. The zero-order chi connectivity index (χ0) is 26.1. The van der Waals surface area contributed by atoms with Crippen LogP contribution >= 0.6 is 11.6 Å². The number of aryl methyl sites for hydroxylation is 1. The number of nitrogens with zero attached hydrogens (tertiary/aromatic N) is 1. The van der Waals surface area contributed by atoms with E-state index < -0.39 is 14.1 Å². The van der Waals surface area contributed by atoms with E-state index in [0.29, 0.717) is 24.3 Å². The molecule has 0 aliphatic rings. The monoisotopic (exact) mass is 522 g/mol.